The van der Waals surface area contributed by atoms with Crippen LogP contribution in [0, 0.1) is 0 Å². The minimum atomic E-state index is -5.74. The number of carbonyl (C=O) groups excluding carboxylic acids is 2. The summed E-state index contributed by atoms with van der Waals surface area (Å²) in [6.07, 6.45) is 2.31. The van der Waals surface area contributed by atoms with Crippen LogP contribution >= 0.6 is 0 Å². The van der Waals surface area contributed by atoms with Gasteiger partial charge in [0.15, 0.2) is 0 Å². The van der Waals surface area contributed by atoms with Crippen LogP contribution in [0.5, 0.6) is 0 Å². The summed E-state index contributed by atoms with van der Waals surface area (Å²) < 4.78 is 15.2. The van der Waals surface area contributed by atoms with E-state index in [0.717, 1.165) is 25.7 Å². The Morgan fingerprint density at radius 2 is 0.914 bits per heavy atom. The zero-order valence-electron chi connectivity index (χ0n) is 20.5. The summed E-state index contributed by atoms with van der Waals surface area (Å²) in [5, 5.41) is 5.75. The molecular weight excluding hydrogens is 550 g/mol. The second kappa shape index (κ2) is 12.6. The maximum atomic E-state index is 13.4. The Hall–Kier alpha value is -2.98. The Bertz CT molecular complexity index is 950. The fraction of sp³-hybridized carbons (Fsp3) is 0.286. The van der Waals surface area contributed by atoms with E-state index < -0.39 is 30.4 Å². The number of carbonyl (C=O) groups is 2. The van der Waals surface area contributed by atoms with E-state index in [1.165, 1.54) is 0 Å². The van der Waals surface area contributed by atoms with Gasteiger partial charge >= 0.3 is 211 Å². The van der Waals surface area contributed by atoms with Gasteiger partial charge in [-0.25, -0.2) is 0 Å². The van der Waals surface area contributed by atoms with Crippen molar-refractivity contribution in [2.75, 3.05) is 13.1 Å². The van der Waals surface area contributed by atoms with E-state index in [-0.39, 0.29) is 0 Å². The minimum absolute atomic E-state index is 0.473. The molecule has 0 aromatic heterocycles. The summed E-state index contributed by atoms with van der Waals surface area (Å²) in [6.45, 7) is 5.05. The van der Waals surface area contributed by atoms with E-state index >= 15 is 0 Å². The molecule has 0 heterocycles. The van der Waals surface area contributed by atoms with E-state index in [1.54, 1.807) is 0 Å². The van der Waals surface area contributed by atoms with Crippen molar-refractivity contribution in [2.45, 2.75) is 39.5 Å². The van der Waals surface area contributed by atoms with Gasteiger partial charge in [-0.2, -0.15) is 0 Å². The Kier molecular flexibility index (Phi) is 9.62. The van der Waals surface area contributed by atoms with E-state index in [4.69, 9.17) is 6.03 Å². The molecule has 0 spiro atoms. The molecule has 0 radical (unpaired) electrons. The third-order valence-corrected chi connectivity index (χ3v) is 19.3. The summed E-state index contributed by atoms with van der Waals surface area (Å²) in [4.78, 5) is 26.8. The summed E-state index contributed by atoms with van der Waals surface area (Å²) in [7, 11) is 0. The number of unbranched alkanes of at least 4 members (excludes halogenated alkanes) is 2. The first-order valence-electron chi connectivity index (χ1n) is 12.2. The number of hydrogen-bond acceptors (Lipinski definition) is 4. The molecule has 0 unspecified atom stereocenters. The van der Waals surface area contributed by atoms with E-state index in [1.807, 2.05) is 91.0 Å². The van der Waals surface area contributed by atoms with Crippen molar-refractivity contribution in [2.24, 2.45) is 0 Å². The van der Waals surface area contributed by atoms with Gasteiger partial charge in [0.05, 0.1) is 0 Å². The molecule has 0 saturated carbocycles. The fourth-order valence-corrected chi connectivity index (χ4v) is 16.7. The first-order chi connectivity index (χ1) is 17.1. The van der Waals surface area contributed by atoms with Crippen molar-refractivity contribution in [1.29, 1.82) is 0 Å². The number of benzene rings is 3. The molecule has 0 aliphatic rings. The van der Waals surface area contributed by atoms with Crippen LogP contribution in [0.2, 0.25) is 0 Å². The molecule has 0 aliphatic heterocycles. The van der Waals surface area contributed by atoms with Crippen LogP contribution in [-0.2, 0) is 6.03 Å². The van der Waals surface area contributed by atoms with Crippen molar-refractivity contribution in [3.05, 3.63) is 91.0 Å². The molecule has 7 heteroatoms. The standard InChI is InChI=1S/3C6H5.2C5H11NO2.Sb/c3*1-2-4-6-5-3-1;2*1-2-3-4-6-5(7)8;/h3*1-5H;2*6H,2-4H2,1H3,(H,7,8);/q;;;;;+2/p-2. The molecule has 35 heavy (non-hydrogen) atoms. The third kappa shape index (κ3) is 5.82. The van der Waals surface area contributed by atoms with E-state index in [2.05, 4.69) is 24.5 Å². The molecule has 0 fully saturated rings. The summed E-state index contributed by atoms with van der Waals surface area (Å²) in [5.74, 6) is 0. The summed E-state index contributed by atoms with van der Waals surface area (Å²) in [5.41, 5.74) is 0. The molecule has 0 atom stereocenters. The second-order valence-corrected chi connectivity index (χ2v) is 19.2. The average Bonchev–Trinajstić information content (AvgIpc) is 2.90. The van der Waals surface area contributed by atoms with Gasteiger partial charge in [-0.3, -0.25) is 0 Å². The molecule has 0 bridgehead atoms. The van der Waals surface area contributed by atoms with Crippen LogP contribution in [0.4, 0.5) is 9.59 Å². The molecule has 0 saturated heterocycles. The Morgan fingerprint density at radius 3 is 1.20 bits per heavy atom. The first kappa shape index (κ1) is 26.6. The molecule has 6 nitrogen and oxygen atoms in total. The Balaban J connectivity index is 2.31. The molecule has 0 aliphatic carbocycles. The molecule has 186 valence electrons. The number of amides is 2. The van der Waals surface area contributed by atoms with Crippen LogP contribution in [0.15, 0.2) is 91.0 Å². The predicted octanol–water partition coefficient (Wildman–Crippen LogP) is 4.16. The molecule has 3 rings (SSSR count). The van der Waals surface area contributed by atoms with E-state index in [9.17, 15) is 9.59 Å². The van der Waals surface area contributed by atoms with E-state index in [0.29, 0.717) is 23.6 Å². The van der Waals surface area contributed by atoms with Gasteiger partial charge in [-0.15, -0.1) is 0 Å². The zero-order chi connectivity index (χ0) is 25.0. The zero-order valence-corrected chi connectivity index (χ0v) is 23.0. The van der Waals surface area contributed by atoms with Gasteiger partial charge in [0.2, 0.25) is 0 Å². The van der Waals surface area contributed by atoms with Crippen molar-refractivity contribution in [3.8, 4) is 0 Å². The van der Waals surface area contributed by atoms with Crippen LogP contribution in [0.1, 0.15) is 39.5 Å². The van der Waals surface area contributed by atoms with Crippen molar-refractivity contribution in [1.82, 2.24) is 10.6 Å². The van der Waals surface area contributed by atoms with Gasteiger partial charge in [0, 0.05) is 0 Å². The molecule has 3 aromatic carbocycles. The molecular formula is C28H35N2O4Sb. The van der Waals surface area contributed by atoms with Crippen LogP contribution in [0.3, 0.4) is 0 Å². The fourth-order valence-electron chi connectivity index (χ4n) is 3.99. The van der Waals surface area contributed by atoms with Crippen molar-refractivity contribution >= 4 is 41.0 Å². The molecule has 2 amide bonds. The van der Waals surface area contributed by atoms with Gasteiger partial charge in [0.1, 0.15) is 0 Å². The Morgan fingerprint density at radius 1 is 0.600 bits per heavy atom. The van der Waals surface area contributed by atoms with Crippen molar-refractivity contribution in [3.63, 3.8) is 0 Å². The van der Waals surface area contributed by atoms with Crippen molar-refractivity contribution < 1.29 is 15.6 Å². The monoisotopic (exact) mass is 584 g/mol. The van der Waals surface area contributed by atoms with Crippen LogP contribution in [-0.4, -0.2) is 43.5 Å². The van der Waals surface area contributed by atoms with Gasteiger partial charge in [0.25, 0.3) is 0 Å². The first-order valence-corrected chi connectivity index (χ1v) is 18.1. The van der Waals surface area contributed by atoms with Crippen LogP contribution < -0.4 is 21.2 Å². The number of rotatable bonds is 11. The average molecular weight is 585 g/mol. The number of hydrogen-bond donors (Lipinski definition) is 2. The second-order valence-electron chi connectivity index (χ2n) is 8.28. The third-order valence-electron chi connectivity index (χ3n) is 5.79. The molecule has 2 N–H and O–H groups in total. The number of nitrogens with one attached hydrogen (secondary N) is 2. The van der Waals surface area contributed by atoms with Gasteiger partial charge in [-0.05, 0) is 0 Å². The predicted molar refractivity (Wildman–Crippen MR) is 143 cm³/mol. The van der Waals surface area contributed by atoms with Gasteiger partial charge < -0.3 is 0 Å². The Labute approximate surface area is 210 Å². The SMILES string of the molecule is CCCCNC(=O)[O][Sb]([O]C(=O)NCCCC)([c]1ccccc1)([c]1ccccc1)[c]1ccccc1. The van der Waals surface area contributed by atoms with Crippen LogP contribution in [0.25, 0.3) is 0 Å². The van der Waals surface area contributed by atoms with Gasteiger partial charge in [-0.1, -0.05) is 0 Å². The molecule has 3 aromatic rings. The maximum absolute atomic E-state index is 13.4. The summed E-state index contributed by atoms with van der Waals surface area (Å²) in [6, 6.07) is 28.3. The quantitative estimate of drug-likeness (QED) is 0.262. The topological polar surface area (TPSA) is 76.7 Å². The normalized spacial score (nSPS) is 12.1. The summed E-state index contributed by atoms with van der Waals surface area (Å²) >= 11 is -5.74.